The fraction of sp³-hybridized carbons (Fsp3) is 0.278. The third-order valence-electron chi connectivity index (χ3n) is 4.92. The van der Waals surface area contributed by atoms with Gasteiger partial charge < -0.3 is 0 Å². The van der Waals surface area contributed by atoms with Crippen LogP contribution in [-0.4, -0.2) is 29.0 Å². The number of rotatable bonds is 4. The lowest BCUT2D eigenvalue weighted by Crippen LogP contribution is -2.17. The molecule has 2 aromatic carbocycles. The second-order valence-corrected chi connectivity index (χ2v) is 8.00. The maximum Gasteiger partial charge on any atom is 0.262 e. The molecule has 2 N–H and O–H groups in total. The largest absolute Gasteiger partial charge is 0.280 e. The van der Waals surface area contributed by atoms with Gasteiger partial charge in [0.1, 0.15) is 0 Å². The Balaban J connectivity index is 2.05. The van der Waals surface area contributed by atoms with Crippen molar-refractivity contribution in [2.45, 2.75) is 39.5 Å². The van der Waals surface area contributed by atoms with E-state index in [4.69, 9.17) is 0 Å². The molecule has 26 heavy (non-hydrogen) atoms. The van der Waals surface area contributed by atoms with E-state index in [1.54, 1.807) is 24.3 Å². The lowest BCUT2D eigenvalue weighted by molar-refractivity contribution is 0.599. The normalized spacial score (nSPS) is 11.6. The van der Waals surface area contributed by atoms with E-state index in [1.807, 2.05) is 34.6 Å². The summed E-state index contributed by atoms with van der Waals surface area (Å²) in [7, 11) is -3.74. The van der Waals surface area contributed by atoms with Crippen molar-refractivity contribution in [3.05, 3.63) is 52.1 Å². The van der Waals surface area contributed by atoms with Crippen molar-refractivity contribution in [1.82, 2.24) is 20.6 Å². The Labute approximate surface area is 152 Å². The van der Waals surface area contributed by atoms with Crippen LogP contribution in [0.25, 0.3) is 11.4 Å². The van der Waals surface area contributed by atoms with Gasteiger partial charge in [0.25, 0.3) is 10.0 Å². The number of nitrogens with one attached hydrogen (secondary N) is 2. The lowest BCUT2D eigenvalue weighted by atomic mass is 9.95. The fourth-order valence-corrected chi connectivity index (χ4v) is 4.73. The average Bonchev–Trinajstić information content (AvgIpc) is 3.12. The van der Waals surface area contributed by atoms with Gasteiger partial charge in [-0.1, -0.05) is 12.1 Å². The number of anilines is 1. The van der Waals surface area contributed by atoms with E-state index in [0.29, 0.717) is 22.0 Å². The standard InChI is InChI=1S/C18H21N5O2S/c1-10-11(2)13(4)17(14(5)12(10)3)26(24,25)21-16-8-6-7-15(9-16)18-19-22-23-20-18/h6-9,21H,1-5H3,(H,19,20,22,23). The molecule has 0 amide bonds. The number of hydrogen-bond donors (Lipinski definition) is 2. The van der Waals surface area contributed by atoms with Gasteiger partial charge in [0.2, 0.25) is 5.82 Å². The summed E-state index contributed by atoms with van der Waals surface area (Å²) in [4.78, 5) is 0.336. The molecule has 1 aromatic heterocycles. The van der Waals surface area contributed by atoms with Crippen LogP contribution in [0, 0.1) is 34.6 Å². The minimum atomic E-state index is -3.74. The van der Waals surface area contributed by atoms with E-state index in [0.717, 1.165) is 27.8 Å². The molecule has 0 aliphatic carbocycles. The van der Waals surface area contributed by atoms with Crippen LogP contribution >= 0.6 is 0 Å². The number of benzene rings is 2. The molecule has 0 aliphatic rings. The topological polar surface area (TPSA) is 101 Å². The molecular weight excluding hydrogens is 350 g/mol. The summed E-state index contributed by atoms with van der Waals surface area (Å²) in [6.45, 7) is 9.61. The lowest BCUT2D eigenvalue weighted by Gasteiger charge is -2.19. The highest BCUT2D eigenvalue weighted by atomic mass is 32.2. The number of tetrazole rings is 1. The van der Waals surface area contributed by atoms with Crippen LogP contribution in [-0.2, 0) is 10.0 Å². The van der Waals surface area contributed by atoms with Gasteiger partial charge in [-0.25, -0.2) is 8.42 Å². The zero-order valence-electron chi connectivity index (χ0n) is 15.4. The summed E-state index contributed by atoms with van der Waals surface area (Å²) in [6.07, 6.45) is 0. The van der Waals surface area contributed by atoms with Crippen molar-refractivity contribution in [3.8, 4) is 11.4 Å². The quantitative estimate of drug-likeness (QED) is 0.733. The zero-order chi connectivity index (χ0) is 19.1. The molecule has 0 bridgehead atoms. The van der Waals surface area contributed by atoms with E-state index < -0.39 is 10.0 Å². The smallest absolute Gasteiger partial charge is 0.262 e. The number of hydrogen-bond acceptors (Lipinski definition) is 5. The van der Waals surface area contributed by atoms with Gasteiger partial charge in [-0.2, -0.15) is 5.21 Å². The first kappa shape index (κ1) is 18.1. The Morgan fingerprint density at radius 1 is 0.923 bits per heavy atom. The molecular formula is C18H21N5O2S. The maximum atomic E-state index is 13.1. The van der Waals surface area contributed by atoms with Gasteiger partial charge in [-0.05, 0) is 79.8 Å². The predicted molar refractivity (Wildman–Crippen MR) is 101 cm³/mol. The Hall–Kier alpha value is -2.74. The highest BCUT2D eigenvalue weighted by Crippen LogP contribution is 2.31. The maximum absolute atomic E-state index is 13.1. The van der Waals surface area contributed by atoms with Crippen LogP contribution in [0.4, 0.5) is 5.69 Å². The fourth-order valence-electron chi connectivity index (χ4n) is 3.08. The van der Waals surface area contributed by atoms with Crippen molar-refractivity contribution in [3.63, 3.8) is 0 Å². The molecule has 3 rings (SSSR count). The van der Waals surface area contributed by atoms with Crippen molar-refractivity contribution < 1.29 is 8.42 Å². The molecule has 0 spiro atoms. The van der Waals surface area contributed by atoms with Crippen LogP contribution in [0.1, 0.15) is 27.8 Å². The van der Waals surface area contributed by atoms with E-state index in [1.165, 1.54) is 0 Å². The highest BCUT2D eigenvalue weighted by Gasteiger charge is 2.24. The van der Waals surface area contributed by atoms with Gasteiger partial charge in [-0.15, -0.1) is 10.2 Å². The molecule has 136 valence electrons. The number of H-pyrrole nitrogens is 1. The van der Waals surface area contributed by atoms with Crippen molar-refractivity contribution >= 4 is 15.7 Å². The number of aromatic nitrogens is 4. The molecule has 1 heterocycles. The van der Waals surface area contributed by atoms with Crippen LogP contribution in [0.3, 0.4) is 0 Å². The summed E-state index contributed by atoms with van der Waals surface area (Å²) in [5.41, 5.74) is 5.77. The van der Waals surface area contributed by atoms with Crippen molar-refractivity contribution in [2.24, 2.45) is 0 Å². The average molecular weight is 371 g/mol. The number of nitrogens with zero attached hydrogens (tertiary/aromatic N) is 3. The van der Waals surface area contributed by atoms with Gasteiger partial charge in [-0.3, -0.25) is 4.72 Å². The Morgan fingerprint density at radius 2 is 1.54 bits per heavy atom. The van der Waals surface area contributed by atoms with Crippen LogP contribution < -0.4 is 4.72 Å². The van der Waals surface area contributed by atoms with Crippen molar-refractivity contribution in [1.29, 1.82) is 0 Å². The number of aromatic amines is 1. The van der Waals surface area contributed by atoms with Gasteiger partial charge in [0.05, 0.1) is 4.90 Å². The minimum absolute atomic E-state index is 0.336. The summed E-state index contributed by atoms with van der Waals surface area (Å²) < 4.78 is 28.9. The molecule has 0 saturated carbocycles. The molecule has 0 saturated heterocycles. The molecule has 0 aliphatic heterocycles. The molecule has 3 aromatic rings. The van der Waals surface area contributed by atoms with E-state index >= 15 is 0 Å². The Bertz CT molecular complexity index is 1040. The van der Waals surface area contributed by atoms with Gasteiger partial charge in [0, 0.05) is 11.3 Å². The van der Waals surface area contributed by atoms with Crippen LogP contribution in [0.5, 0.6) is 0 Å². The molecule has 0 fully saturated rings. The monoisotopic (exact) mass is 371 g/mol. The second-order valence-electron chi connectivity index (χ2n) is 6.38. The first-order valence-electron chi connectivity index (χ1n) is 8.16. The molecule has 7 nitrogen and oxygen atoms in total. The third kappa shape index (κ3) is 3.08. The molecule has 0 unspecified atom stereocenters. The van der Waals surface area contributed by atoms with E-state index in [9.17, 15) is 8.42 Å². The highest BCUT2D eigenvalue weighted by molar-refractivity contribution is 7.92. The minimum Gasteiger partial charge on any atom is -0.280 e. The molecule has 8 heteroatoms. The van der Waals surface area contributed by atoms with Gasteiger partial charge >= 0.3 is 0 Å². The SMILES string of the molecule is Cc1c(C)c(C)c(S(=O)(=O)Nc2cccc(-c3nn[nH]n3)c2)c(C)c1C. The Morgan fingerprint density at radius 3 is 2.12 bits per heavy atom. The summed E-state index contributed by atoms with van der Waals surface area (Å²) >= 11 is 0. The van der Waals surface area contributed by atoms with Gasteiger partial charge in [0.15, 0.2) is 0 Å². The Kier molecular flexibility index (Phi) is 4.53. The summed E-state index contributed by atoms with van der Waals surface area (Å²) in [6, 6.07) is 6.91. The first-order valence-corrected chi connectivity index (χ1v) is 9.64. The molecule has 0 atom stereocenters. The predicted octanol–water partition coefficient (Wildman–Crippen LogP) is 3.21. The molecule has 0 radical (unpaired) electrons. The zero-order valence-corrected chi connectivity index (χ0v) is 16.2. The number of sulfonamides is 1. The summed E-state index contributed by atoms with van der Waals surface area (Å²) in [5.74, 6) is 0.403. The third-order valence-corrected chi connectivity index (χ3v) is 6.57. The van der Waals surface area contributed by atoms with Crippen molar-refractivity contribution in [2.75, 3.05) is 4.72 Å². The second kappa shape index (κ2) is 6.53. The van der Waals surface area contributed by atoms with E-state index in [2.05, 4.69) is 25.3 Å². The van der Waals surface area contributed by atoms with E-state index in [-0.39, 0.29) is 0 Å². The van der Waals surface area contributed by atoms with Crippen LogP contribution in [0.2, 0.25) is 0 Å². The van der Waals surface area contributed by atoms with Crippen LogP contribution in [0.15, 0.2) is 29.2 Å². The summed E-state index contributed by atoms with van der Waals surface area (Å²) in [5, 5.41) is 13.7. The first-order chi connectivity index (χ1) is 12.2.